The van der Waals surface area contributed by atoms with E-state index in [0.29, 0.717) is 6.54 Å². The number of rotatable bonds is 4. The van der Waals surface area contributed by atoms with E-state index in [1.165, 1.54) is 12.8 Å². The van der Waals surface area contributed by atoms with Crippen LogP contribution in [0.2, 0.25) is 0 Å². The average molecular weight is 242 g/mol. The lowest BCUT2D eigenvalue weighted by atomic mass is 9.88. The van der Waals surface area contributed by atoms with Gasteiger partial charge in [-0.25, -0.2) is 0 Å². The van der Waals surface area contributed by atoms with E-state index in [1.807, 2.05) is 0 Å². The maximum atomic E-state index is 6.02. The molecule has 0 aliphatic carbocycles. The van der Waals surface area contributed by atoms with Crippen molar-refractivity contribution in [3.05, 3.63) is 0 Å². The summed E-state index contributed by atoms with van der Waals surface area (Å²) in [7, 11) is 2.20. The number of hydrogen-bond donors (Lipinski definition) is 1. The Morgan fingerprint density at radius 3 is 2.53 bits per heavy atom. The zero-order valence-electron chi connectivity index (χ0n) is 11.2. The van der Waals surface area contributed by atoms with Crippen LogP contribution in [0.15, 0.2) is 0 Å². The van der Waals surface area contributed by atoms with Crippen molar-refractivity contribution in [2.24, 2.45) is 11.7 Å². The predicted molar refractivity (Wildman–Crippen MR) is 68.0 cm³/mol. The maximum absolute atomic E-state index is 6.02. The fourth-order valence-corrected chi connectivity index (χ4v) is 3.19. The first-order valence-electron chi connectivity index (χ1n) is 6.79. The normalized spacial score (nSPS) is 35.6. The van der Waals surface area contributed by atoms with E-state index in [-0.39, 0.29) is 11.6 Å². The first-order chi connectivity index (χ1) is 8.19. The molecule has 4 heteroatoms. The SMILES string of the molecule is CC1OCCC1(CN)N(C)CC1CCOCC1. The molecule has 0 aromatic heterocycles. The van der Waals surface area contributed by atoms with Crippen molar-refractivity contribution in [3.8, 4) is 0 Å². The Labute approximate surface area is 104 Å². The highest BCUT2D eigenvalue weighted by Gasteiger charge is 2.44. The number of nitrogens with two attached hydrogens (primary N) is 1. The van der Waals surface area contributed by atoms with Gasteiger partial charge < -0.3 is 15.2 Å². The van der Waals surface area contributed by atoms with Crippen LogP contribution < -0.4 is 5.73 Å². The van der Waals surface area contributed by atoms with Crippen molar-refractivity contribution in [2.75, 3.05) is 40.0 Å². The highest BCUT2D eigenvalue weighted by Crippen LogP contribution is 2.31. The quantitative estimate of drug-likeness (QED) is 0.794. The second-order valence-corrected chi connectivity index (χ2v) is 5.51. The van der Waals surface area contributed by atoms with Gasteiger partial charge in [-0.15, -0.1) is 0 Å². The Morgan fingerprint density at radius 1 is 1.29 bits per heavy atom. The summed E-state index contributed by atoms with van der Waals surface area (Å²) in [6.45, 7) is 6.64. The van der Waals surface area contributed by atoms with E-state index in [9.17, 15) is 0 Å². The summed E-state index contributed by atoms with van der Waals surface area (Å²) in [6.07, 6.45) is 3.67. The molecule has 2 heterocycles. The molecule has 2 fully saturated rings. The smallest absolute Gasteiger partial charge is 0.0743 e. The second kappa shape index (κ2) is 5.65. The fourth-order valence-electron chi connectivity index (χ4n) is 3.19. The highest BCUT2D eigenvalue weighted by atomic mass is 16.5. The summed E-state index contributed by atoms with van der Waals surface area (Å²) in [4.78, 5) is 2.45. The molecule has 0 aromatic carbocycles. The number of likely N-dealkylation sites (N-methyl/N-ethyl adjacent to an activating group) is 1. The van der Waals surface area contributed by atoms with Crippen LogP contribution in [0.1, 0.15) is 26.2 Å². The van der Waals surface area contributed by atoms with Crippen LogP contribution in [0.5, 0.6) is 0 Å². The summed E-state index contributed by atoms with van der Waals surface area (Å²) in [5, 5.41) is 0. The Kier molecular flexibility index (Phi) is 4.42. The summed E-state index contributed by atoms with van der Waals surface area (Å²) >= 11 is 0. The standard InChI is InChI=1S/C13H26N2O2/c1-11-13(10-14,5-8-17-11)15(2)9-12-3-6-16-7-4-12/h11-12H,3-10,14H2,1-2H3. The minimum atomic E-state index is 0.0539. The molecular weight excluding hydrogens is 216 g/mol. The van der Waals surface area contributed by atoms with Gasteiger partial charge in [-0.2, -0.15) is 0 Å². The third-order valence-electron chi connectivity index (χ3n) is 4.65. The zero-order valence-corrected chi connectivity index (χ0v) is 11.2. The Bertz CT molecular complexity index is 244. The van der Waals surface area contributed by atoms with Crippen LogP contribution in [0, 0.1) is 5.92 Å². The molecule has 0 bridgehead atoms. The summed E-state index contributed by atoms with van der Waals surface area (Å²) in [6, 6.07) is 0. The zero-order chi connectivity index (χ0) is 12.3. The van der Waals surface area contributed by atoms with Crippen LogP contribution in [0.4, 0.5) is 0 Å². The van der Waals surface area contributed by atoms with Crippen LogP contribution in [-0.4, -0.2) is 56.5 Å². The first-order valence-corrected chi connectivity index (χ1v) is 6.79. The molecule has 4 nitrogen and oxygen atoms in total. The number of hydrogen-bond acceptors (Lipinski definition) is 4. The van der Waals surface area contributed by atoms with Crippen molar-refractivity contribution in [3.63, 3.8) is 0 Å². The molecule has 0 aromatic rings. The van der Waals surface area contributed by atoms with Crippen LogP contribution in [0.3, 0.4) is 0 Å². The molecule has 0 radical (unpaired) electrons. The molecule has 100 valence electrons. The molecule has 2 aliphatic heterocycles. The molecule has 17 heavy (non-hydrogen) atoms. The molecule has 0 saturated carbocycles. The number of nitrogens with zero attached hydrogens (tertiary/aromatic N) is 1. The predicted octanol–water partition coefficient (Wildman–Crippen LogP) is 0.851. The first kappa shape index (κ1) is 13.3. The lowest BCUT2D eigenvalue weighted by molar-refractivity contribution is 0.00254. The summed E-state index contributed by atoms with van der Waals surface area (Å²) < 4.78 is 11.1. The van der Waals surface area contributed by atoms with E-state index < -0.39 is 0 Å². The third-order valence-corrected chi connectivity index (χ3v) is 4.65. The van der Waals surface area contributed by atoms with Gasteiger partial charge in [0.25, 0.3) is 0 Å². The Balaban J connectivity index is 1.94. The largest absolute Gasteiger partial charge is 0.381 e. The Hall–Kier alpha value is -0.160. The van der Waals surface area contributed by atoms with Gasteiger partial charge in [0.05, 0.1) is 11.6 Å². The van der Waals surface area contributed by atoms with Crippen molar-refractivity contribution in [1.29, 1.82) is 0 Å². The lowest BCUT2D eigenvalue weighted by Gasteiger charge is -2.42. The average Bonchev–Trinajstić information content (AvgIpc) is 2.73. The summed E-state index contributed by atoms with van der Waals surface area (Å²) in [5.74, 6) is 0.755. The van der Waals surface area contributed by atoms with Gasteiger partial charge in [0, 0.05) is 32.9 Å². The van der Waals surface area contributed by atoms with E-state index in [4.69, 9.17) is 15.2 Å². The minimum Gasteiger partial charge on any atom is -0.381 e. The monoisotopic (exact) mass is 242 g/mol. The Morgan fingerprint density at radius 2 is 2.00 bits per heavy atom. The van der Waals surface area contributed by atoms with Gasteiger partial charge in [0.15, 0.2) is 0 Å². The van der Waals surface area contributed by atoms with Crippen LogP contribution in [0.25, 0.3) is 0 Å². The fraction of sp³-hybridized carbons (Fsp3) is 1.00. The molecule has 0 amide bonds. The van der Waals surface area contributed by atoms with Crippen LogP contribution >= 0.6 is 0 Å². The summed E-state index contributed by atoms with van der Waals surface area (Å²) in [5.41, 5.74) is 6.07. The molecule has 2 saturated heterocycles. The minimum absolute atomic E-state index is 0.0539. The highest BCUT2D eigenvalue weighted by molar-refractivity contribution is 4.99. The van der Waals surface area contributed by atoms with E-state index >= 15 is 0 Å². The van der Waals surface area contributed by atoms with Crippen molar-refractivity contribution in [1.82, 2.24) is 4.90 Å². The van der Waals surface area contributed by atoms with Gasteiger partial charge in [-0.05, 0) is 39.2 Å². The van der Waals surface area contributed by atoms with E-state index in [0.717, 1.165) is 38.7 Å². The van der Waals surface area contributed by atoms with Gasteiger partial charge in [-0.3, -0.25) is 4.90 Å². The molecule has 2 rings (SSSR count). The second-order valence-electron chi connectivity index (χ2n) is 5.51. The maximum Gasteiger partial charge on any atom is 0.0743 e. The molecule has 2 atom stereocenters. The molecular formula is C13H26N2O2. The third kappa shape index (κ3) is 2.65. The topological polar surface area (TPSA) is 47.7 Å². The molecule has 2 aliphatic rings. The van der Waals surface area contributed by atoms with E-state index in [2.05, 4.69) is 18.9 Å². The molecule has 2 N–H and O–H groups in total. The molecule has 2 unspecified atom stereocenters. The van der Waals surface area contributed by atoms with Crippen molar-refractivity contribution >= 4 is 0 Å². The lowest BCUT2D eigenvalue weighted by Crippen LogP contribution is -2.57. The molecule has 0 spiro atoms. The van der Waals surface area contributed by atoms with Crippen molar-refractivity contribution < 1.29 is 9.47 Å². The van der Waals surface area contributed by atoms with Crippen molar-refractivity contribution in [2.45, 2.75) is 37.8 Å². The van der Waals surface area contributed by atoms with Gasteiger partial charge in [-0.1, -0.05) is 0 Å². The number of ether oxygens (including phenoxy) is 2. The van der Waals surface area contributed by atoms with Crippen LogP contribution in [-0.2, 0) is 9.47 Å². The van der Waals surface area contributed by atoms with Gasteiger partial charge in [0.2, 0.25) is 0 Å². The van der Waals surface area contributed by atoms with Gasteiger partial charge >= 0.3 is 0 Å². The van der Waals surface area contributed by atoms with E-state index in [1.54, 1.807) is 0 Å². The van der Waals surface area contributed by atoms with Gasteiger partial charge in [0.1, 0.15) is 0 Å².